The van der Waals surface area contributed by atoms with Gasteiger partial charge in [-0.15, -0.1) is 0 Å². The molecule has 0 aromatic heterocycles. The van der Waals surface area contributed by atoms with E-state index in [2.05, 4.69) is 6.92 Å². The first-order valence-corrected chi connectivity index (χ1v) is 8.52. The average Bonchev–Trinajstić information content (AvgIpc) is 2.52. The van der Waals surface area contributed by atoms with E-state index in [0.717, 1.165) is 44.9 Å². The summed E-state index contributed by atoms with van der Waals surface area (Å²) in [6.45, 7) is 5.19. The van der Waals surface area contributed by atoms with Crippen molar-refractivity contribution in [3.05, 3.63) is 0 Å². The van der Waals surface area contributed by atoms with Gasteiger partial charge in [-0.3, -0.25) is 9.59 Å². The molecule has 0 aliphatic heterocycles. The predicted molar refractivity (Wildman–Crippen MR) is 81.8 cm³/mol. The molecule has 0 aromatic carbocycles. The van der Waals surface area contributed by atoms with Crippen molar-refractivity contribution in [2.45, 2.75) is 71.6 Å². The van der Waals surface area contributed by atoms with E-state index in [4.69, 9.17) is 9.47 Å². The second kappa shape index (κ2) is 10.6. The number of carbonyl (C=O) groups is 2. The maximum Gasteiger partial charge on any atom is 0.308 e. The van der Waals surface area contributed by atoms with Crippen LogP contribution in [0.25, 0.3) is 0 Å². The van der Waals surface area contributed by atoms with Crippen LogP contribution in [-0.4, -0.2) is 25.2 Å². The Labute approximate surface area is 128 Å². The van der Waals surface area contributed by atoms with Crippen molar-refractivity contribution in [3.8, 4) is 0 Å². The van der Waals surface area contributed by atoms with Crippen LogP contribution in [0.5, 0.6) is 0 Å². The van der Waals surface area contributed by atoms with Crippen molar-refractivity contribution < 1.29 is 19.1 Å². The molecule has 21 heavy (non-hydrogen) atoms. The number of unbranched alkanes of at least 4 members (excludes halogenated alkanes) is 3. The Morgan fingerprint density at radius 3 is 1.76 bits per heavy atom. The highest BCUT2D eigenvalue weighted by Gasteiger charge is 2.31. The molecule has 0 saturated heterocycles. The summed E-state index contributed by atoms with van der Waals surface area (Å²) in [5.74, 6) is -0.216. The van der Waals surface area contributed by atoms with Gasteiger partial charge in [0.05, 0.1) is 25.0 Å². The van der Waals surface area contributed by atoms with E-state index in [9.17, 15) is 9.59 Å². The van der Waals surface area contributed by atoms with E-state index in [-0.39, 0.29) is 23.8 Å². The monoisotopic (exact) mass is 298 g/mol. The van der Waals surface area contributed by atoms with Crippen LogP contribution in [0.15, 0.2) is 0 Å². The molecule has 1 fully saturated rings. The van der Waals surface area contributed by atoms with Crippen molar-refractivity contribution in [2.24, 2.45) is 11.8 Å². The molecule has 1 aliphatic rings. The zero-order valence-electron chi connectivity index (χ0n) is 13.6. The average molecular weight is 298 g/mol. The number of hydrogen-bond donors (Lipinski definition) is 0. The van der Waals surface area contributed by atoms with Crippen LogP contribution in [0.4, 0.5) is 0 Å². The van der Waals surface area contributed by atoms with E-state index < -0.39 is 0 Å². The smallest absolute Gasteiger partial charge is 0.308 e. The third-order valence-electron chi connectivity index (χ3n) is 4.08. The SMILES string of the molecule is CCCCCCOC(=O)C1CCC(C(=O)OCCC)CC1. The minimum Gasteiger partial charge on any atom is -0.465 e. The second-order valence-electron chi connectivity index (χ2n) is 5.94. The van der Waals surface area contributed by atoms with Crippen LogP contribution in [0.1, 0.15) is 71.6 Å². The summed E-state index contributed by atoms with van der Waals surface area (Å²) in [5.41, 5.74) is 0. The van der Waals surface area contributed by atoms with Gasteiger partial charge in [0, 0.05) is 0 Å². The fourth-order valence-corrected chi connectivity index (χ4v) is 2.70. The second-order valence-corrected chi connectivity index (χ2v) is 5.94. The third kappa shape index (κ3) is 6.96. The van der Waals surface area contributed by atoms with Crippen molar-refractivity contribution >= 4 is 11.9 Å². The first-order valence-electron chi connectivity index (χ1n) is 8.52. The zero-order valence-corrected chi connectivity index (χ0v) is 13.6. The fraction of sp³-hybridized carbons (Fsp3) is 0.882. The summed E-state index contributed by atoms with van der Waals surface area (Å²) in [4.78, 5) is 23.7. The van der Waals surface area contributed by atoms with Crippen LogP contribution < -0.4 is 0 Å². The summed E-state index contributed by atoms with van der Waals surface area (Å²) >= 11 is 0. The first kappa shape index (κ1) is 18.0. The Morgan fingerprint density at radius 1 is 0.762 bits per heavy atom. The van der Waals surface area contributed by atoms with Crippen molar-refractivity contribution in [3.63, 3.8) is 0 Å². The fourth-order valence-electron chi connectivity index (χ4n) is 2.70. The molecule has 0 bridgehead atoms. The number of esters is 2. The standard InChI is InChI=1S/C17H30O4/c1-3-5-6-7-13-21-17(19)15-10-8-14(9-11-15)16(18)20-12-4-2/h14-15H,3-13H2,1-2H3. The largest absolute Gasteiger partial charge is 0.465 e. The Bertz CT molecular complexity index is 306. The lowest BCUT2D eigenvalue weighted by Gasteiger charge is -2.25. The van der Waals surface area contributed by atoms with Gasteiger partial charge in [-0.1, -0.05) is 33.1 Å². The quantitative estimate of drug-likeness (QED) is 0.479. The van der Waals surface area contributed by atoms with Crippen LogP contribution in [0.3, 0.4) is 0 Å². The minimum atomic E-state index is -0.0942. The van der Waals surface area contributed by atoms with Crippen LogP contribution in [0.2, 0.25) is 0 Å². The summed E-state index contributed by atoms with van der Waals surface area (Å²) in [5, 5.41) is 0. The topological polar surface area (TPSA) is 52.6 Å². The van der Waals surface area contributed by atoms with Gasteiger partial charge < -0.3 is 9.47 Å². The van der Waals surface area contributed by atoms with Crippen molar-refractivity contribution in [1.82, 2.24) is 0 Å². The molecule has 4 nitrogen and oxygen atoms in total. The van der Waals surface area contributed by atoms with Gasteiger partial charge in [0.1, 0.15) is 0 Å². The van der Waals surface area contributed by atoms with Gasteiger partial charge >= 0.3 is 11.9 Å². The highest BCUT2D eigenvalue weighted by molar-refractivity contribution is 5.75. The van der Waals surface area contributed by atoms with Gasteiger partial charge in [0.15, 0.2) is 0 Å². The molecule has 0 radical (unpaired) electrons. The molecule has 0 amide bonds. The van der Waals surface area contributed by atoms with Crippen molar-refractivity contribution in [1.29, 1.82) is 0 Å². The lowest BCUT2D eigenvalue weighted by Crippen LogP contribution is -2.28. The van der Waals surface area contributed by atoms with E-state index in [0.29, 0.717) is 13.2 Å². The summed E-state index contributed by atoms with van der Waals surface area (Å²) in [7, 11) is 0. The number of carbonyl (C=O) groups excluding carboxylic acids is 2. The van der Waals surface area contributed by atoms with E-state index in [1.165, 1.54) is 12.8 Å². The summed E-state index contributed by atoms with van der Waals surface area (Å²) < 4.78 is 10.5. The maximum atomic E-state index is 11.9. The molecule has 1 aliphatic carbocycles. The lowest BCUT2D eigenvalue weighted by molar-refractivity contribution is -0.155. The van der Waals surface area contributed by atoms with Crippen molar-refractivity contribution in [2.75, 3.05) is 13.2 Å². The molecule has 122 valence electrons. The Hall–Kier alpha value is -1.06. The Morgan fingerprint density at radius 2 is 1.29 bits per heavy atom. The third-order valence-corrected chi connectivity index (χ3v) is 4.08. The number of ether oxygens (including phenoxy) is 2. The number of hydrogen-bond acceptors (Lipinski definition) is 4. The molecular formula is C17H30O4. The molecule has 0 atom stereocenters. The predicted octanol–water partition coefficient (Wildman–Crippen LogP) is 3.87. The summed E-state index contributed by atoms with van der Waals surface area (Å²) in [6, 6.07) is 0. The molecule has 0 aromatic rings. The zero-order chi connectivity index (χ0) is 15.5. The molecule has 1 saturated carbocycles. The Kier molecular flexibility index (Phi) is 9.11. The van der Waals surface area contributed by atoms with Crippen LogP contribution in [0, 0.1) is 11.8 Å². The van der Waals surface area contributed by atoms with Gasteiger partial charge in [0.2, 0.25) is 0 Å². The van der Waals surface area contributed by atoms with Gasteiger partial charge in [0.25, 0.3) is 0 Å². The minimum absolute atomic E-state index is 0.0219. The van der Waals surface area contributed by atoms with Gasteiger partial charge in [-0.2, -0.15) is 0 Å². The molecular weight excluding hydrogens is 268 g/mol. The molecule has 0 unspecified atom stereocenters. The van der Waals surface area contributed by atoms with Crippen LogP contribution >= 0.6 is 0 Å². The van der Waals surface area contributed by atoms with E-state index in [1.54, 1.807) is 0 Å². The normalized spacial score (nSPS) is 21.8. The molecule has 0 N–H and O–H groups in total. The van der Waals surface area contributed by atoms with Gasteiger partial charge in [-0.05, 0) is 38.5 Å². The van der Waals surface area contributed by atoms with Gasteiger partial charge in [-0.25, -0.2) is 0 Å². The van der Waals surface area contributed by atoms with Crippen LogP contribution in [-0.2, 0) is 19.1 Å². The lowest BCUT2D eigenvalue weighted by atomic mass is 9.82. The van der Waals surface area contributed by atoms with E-state index in [1.807, 2.05) is 6.92 Å². The maximum absolute atomic E-state index is 11.9. The summed E-state index contributed by atoms with van der Waals surface area (Å²) in [6.07, 6.45) is 8.31. The Balaban J connectivity index is 2.16. The van der Waals surface area contributed by atoms with E-state index >= 15 is 0 Å². The molecule has 1 rings (SSSR count). The first-order chi connectivity index (χ1) is 10.2. The highest BCUT2D eigenvalue weighted by atomic mass is 16.5. The molecule has 4 heteroatoms. The molecule has 0 heterocycles. The number of rotatable bonds is 9. The molecule has 0 spiro atoms. The highest BCUT2D eigenvalue weighted by Crippen LogP contribution is 2.30.